The summed E-state index contributed by atoms with van der Waals surface area (Å²) in [6.45, 7) is 1.62. The van der Waals surface area contributed by atoms with E-state index in [2.05, 4.69) is 22.3 Å². The Labute approximate surface area is 196 Å². The fourth-order valence-corrected chi connectivity index (χ4v) is 6.19. The van der Waals surface area contributed by atoms with Crippen molar-refractivity contribution in [3.05, 3.63) is 93.2 Å². The topological polar surface area (TPSA) is 41.6 Å². The molecule has 5 rings (SSSR count). The fraction of sp³-hybridized carbons (Fsp3) is 0.346. The summed E-state index contributed by atoms with van der Waals surface area (Å²) in [6.07, 6.45) is 1.35. The number of fused-ring (bicyclic) bond motifs is 2. The summed E-state index contributed by atoms with van der Waals surface area (Å²) in [5.41, 5.74) is 2.14. The van der Waals surface area contributed by atoms with Gasteiger partial charge in [-0.15, -0.1) is 11.3 Å². The summed E-state index contributed by atoms with van der Waals surface area (Å²) in [4.78, 5) is 15.7. The zero-order chi connectivity index (χ0) is 23.0. The van der Waals surface area contributed by atoms with Crippen molar-refractivity contribution in [2.45, 2.75) is 36.9 Å². The fourth-order valence-electron chi connectivity index (χ4n) is 5.56. The van der Waals surface area contributed by atoms with Gasteiger partial charge in [-0.3, -0.25) is 9.69 Å². The van der Waals surface area contributed by atoms with Gasteiger partial charge in [0.25, 0.3) is 5.91 Å². The normalized spacial score (nSPS) is 21.8. The first-order valence-electron chi connectivity index (χ1n) is 11.2. The Morgan fingerprint density at radius 1 is 1.09 bits per heavy atom. The quantitative estimate of drug-likeness (QED) is 0.569. The Bertz CT molecular complexity index is 1120. The second kappa shape index (κ2) is 8.97. The van der Waals surface area contributed by atoms with E-state index in [4.69, 9.17) is 4.74 Å². The number of thiophene rings is 1. The van der Waals surface area contributed by atoms with Gasteiger partial charge >= 0.3 is 0 Å². The van der Waals surface area contributed by atoms with Crippen LogP contribution in [0.4, 0.5) is 8.78 Å². The summed E-state index contributed by atoms with van der Waals surface area (Å²) in [7, 11) is 1.70. The van der Waals surface area contributed by atoms with Crippen molar-refractivity contribution >= 4 is 17.2 Å². The molecule has 2 aliphatic rings. The number of rotatable bonds is 5. The molecule has 4 nitrogen and oxygen atoms in total. The smallest absolute Gasteiger partial charge is 0.261 e. The first-order chi connectivity index (χ1) is 16.0. The van der Waals surface area contributed by atoms with E-state index in [9.17, 15) is 13.6 Å². The van der Waals surface area contributed by atoms with Crippen molar-refractivity contribution in [3.8, 4) is 0 Å². The van der Waals surface area contributed by atoms with E-state index in [1.165, 1.54) is 35.1 Å². The minimum absolute atomic E-state index is 0.101. The second-order valence-electron chi connectivity index (χ2n) is 8.80. The van der Waals surface area contributed by atoms with Crippen molar-refractivity contribution < 1.29 is 18.3 Å². The predicted molar refractivity (Wildman–Crippen MR) is 124 cm³/mol. The first kappa shape index (κ1) is 22.2. The number of benzene rings is 2. The molecule has 1 saturated heterocycles. The van der Waals surface area contributed by atoms with E-state index < -0.39 is 11.6 Å². The number of halogens is 2. The van der Waals surface area contributed by atoms with Gasteiger partial charge < -0.3 is 10.1 Å². The molecule has 2 atom stereocenters. The Balaban J connectivity index is 1.39. The lowest BCUT2D eigenvalue weighted by Gasteiger charge is -2.44. The lowest BCUT2D eigenvalue weighted by molar-refractivity contribution is -0.0124. The van der Waals surface area contributed by atoms with Crippen LogP contribution in [0.5, 0.6) is 0 Å². The molecule has 7 heteroatoms. The molecule has 1 N–H and O–H groups in total. The standard InChI is InChI=1S/C26H26F2N2O2S/c1-32-24-23(29-25(31)22-10-5-15-33-22)17-6-2-3-7-19(17)26(24)11-13-30(14-12-26)16-18-20(27)8-4-9-21(18)28/h2-10,15,23-24H,11-14,16H2,1H3,(H,29,31)/t23-,24+/m1/s1. The third kappa shape index (κ3) is 3.88. The largest absolute Gasteiger partial charge is 0.378 e. The van der Waals surface area contributed by atoms with Gasteiger partial charge in [-0.05, 0) is 60.6 Å². The summed E-state index contributed by atoms with van der Waals surface area (Å²) >= 11 is 1.41. The molecule has 172 valence electrons. The molecule has 3 aromatic rings. The van der Waals surface area contributed by atoms with E-state index in [1.54, 1.807) is 7.11 Å². The summed E-state index contributed by atoms with van der Waals surface area (Å²) in [5.74, 6) is -1.11. The van der Waals surface area contributed by atoms with Crippen molar-refractivity contribution in [3.63, 3.8) is 0 Å². The van der Waals surface area contributed by atoms with Crippen molar-refractivity contribution in [2.24, 2.45) is 0 Å². The number of amides is 1. The van der Waals surface area contributed by atoms with Crippen molar-refractivity contribution in [2.75, 3.05) is 20.2 Å². The monoisotopic (exact) mass is 468 g/mol. The number of nitrogens with zero attached hydrogens (tertiary/aromatic N) is 1. The molecule has 2 aromatic carbocycles. The predicted octanol–water partition coefficient (Wildman–Crippen LogP) is 5.06. The molecule has 1 amide bonds. The van der Waals surface area contributed by atoms with Crippen molar-refractivity contribution in [1.29, 1.82) is 0 Å². The molecule has 1 aromatic heterocycles. The van der Waals surface area contributed by atoms with E-state index >= 15 is 0 Å². The summed E-state index contributed by atoms with van der Waals surface area (Å²) in [5, 5.41) is 5.10. The number of carbonyl (C=O) groups is 1. The number of carbonyl (C=O) groups excluding carboxylic acids is 1. The average molecular weight is 469 g/mol. The van der Waals surface area contributed by atoms with Crippen LogP contribution in [0.1, 0.15) is 45.2 Å². The van der Waals surface area contributed by atoms with Gasteiger partial charge in [0.2, 0.25) is 0 Å². The van der Waals surface area contributed by atoms with E-state index in [0.717, 1.165) is 18.4 Å². The van der Waals surface area contributed by atoms with Gasteiger partial charge in [0, 0.05) is 24.6 Å². The molecule has 33 heavy (non-hydrogen) atoms. The average Bonchev–Trinajstić information content (AvgIpc) is 3.44. The van der Waals surface area contributed by atoms with Gasteiger partial charge in [-0.1, -0.05) is 36.4 Å². The van der Waals surface area contributed by atoms with E-state index in [0.29, 0.717) is 18.0 Å². The van der Waals surface area contributed by atoms with E-state index in [1.807, 2.05) is 29.6 Å². The molecule has 2 heterocycles. The van der Waals surface area contributed by atoms with E-state index in [-0.39, 0.29) is 35.6 Å². The van der Waals surface area contributed by atoms with Crippen LogP contribution in [-0.4, -0.2) is 37.1 Å². The maximum absolute atomic E-state index is 14.2. The number of nitrogens with one attached hydrogen (secondary N) is 1. The Morgan fingerprint density at radius 2 is 1.82 bits per heavy atom. The third-order valence-corrected chi connectivity index (χ3v) is 8.03. The number of hydrogen-bond acceptors (Lipinski definition) is 4. The molecular formula is C26H26F2N2O2S. The highest BCUT2D eigenvalue weighted by Gasteiger charge is 2.54. The van der Waals surface area contributed by atoms with Gasteiger partial charge in [0.1, 0.15) is 11.6 Å². The second-order valence-corrected chi connectivity index (χ2v) is 9.75. The highest BCUT2D eigenvalue weighted by Crippen LogP contribution is 2.52. The molecule has 1 fully saturated rings. The molecule has 0 radical (unpaired) electrons. The molecule has 1 aliphatic carbocycles. The lowest BCUT2D eigenvalue weighted by Crippen LogP contribution is -2.50. The minimum atomic E-state index is -0.507. The molecule has 0 bridgehead atoms. The highest BCUT2D eigenvalue weighted by molar-refractivity contribution is 7.12. The highest BCUT2D eigenvalue weighted by atomic mass is 32.1. The summed E-state index contributed by atoms with van der Waals surface area (Å²) < 4.78 is 34.4. The SMILES string of the molecule is CO[C@H]1[C@H](NC(=O)c2cccs2)c2ccccc2C12CCN(Cc1c(F)cccc1F)CC2. The molecule has 1 aliphatic heterocycles. The zero-order valence-electron chi connectivity index (χ0n) is 18.4. The van der Waals surface area contributed by atoms with Crippen LogP contribution in [0.2, 0.25) is 0 Å². The third-order valence-electron chi connectivity index (χ3n) is 7.16. The van der Waals surface area contributed by atoms with Crippen LogP contribution in [0.25, 0.3) is 0 Å². The van der Waals surface area contributed by atoms with Gasteiger partial charge in [0.15, 0.2) is 0 Å². The van der Waals surface area contributed by atoms with Crippen LogP contribution < -0.4 is 5.32 Å². The Hall–Kier alpha value is -2.61. The number of methoxy groups -OCH3 is 1. The lowest BCUT2D eigenvalue weighted by atomic mass is 9.71. The molecular weight excluding hydrogens is 442 g/mol. The minimum Gasteiger partial charge on any atom is -0.378 e. The zero-order valence-corrected chi connectivity index (χ0v) is 19.2. The van der Waals surface area contributed by atoms with Gasteiger partial charge in [0.05, 0.1) is 17.0 Å². The van der Waals surface area contributed by atoms with Crippen LogP contribution in [0, 0.1) is 11.6 Å². The van der Waals surface area contributed by atoms with Crippen LogP contribution >= 0.6 is 11.3 Å². The van der Waals surface area contributed by atoms with Crippen LogP contribution in [0.3, 0.4) is 0 Å². The van der Waals surface area contributed by atoms with Gasteiger partial charge in [-0.25, -0.2) is 8.78 Å². The number of likely N-dealkylation sites (tertiary alicyclic amines) is 1. The Kier molecular flexibility index (Phi) is 6.03. The maximum atomic E-state index is 14.2. The first-order valence-corrected chi connectivity index (χ1v) is 12.0. The molecule has 0 unspecified atom stereocenters. The molecule has 0 saturated carbocycles. The maximum Gasteiger partial charge on any atom is 0.261 e. The van der Waals surface area contributed by atoms with Gasteiger partial charge in [-0.2, -0.15) is 0 Å². The van der Waals surface area contributed by atoms with Crippen LogP contribution in [0.15, 0.2) is 60.0 Å². The summed E-state index contributed by atoms with van der Waals surface area (Å²) in [6, 6.07) is 15.6. The number of hydrogen-bond donors (Lipinski definition) is 1. The van der Waals surface area contributed by atoms with Crippen LogP contribution in [-0.2, 0) is 16.7 Å². The number of ether oxygens (including phenoxy) is 1. The molecule has 1 spiro atoms. The number of piperidine rings is 1. The van der Waals surface area contributed by atoms with Crippen molar-refractivity contribution in [1.82, 2.24) is 10.2 Å². The Morgan fingerprint density at radius 3 is 2.48 bits per heavy atom.